The van der Waals surface area contributed by atoms with E-state index in [0.717, 1.165) is 12.1 Å². The highest BCUT2D eigenvalue weighted by Crippen LogP contribution is 2.25. The zero-order valence-electron chi connectivity index (χ0n) is 15.9. The monoisotopic (exact) mass is 432 g/mol. The van der Waals surface area contributed by atoms with Crippen LogP contribution in [-0.2, 0) is 19.7 Å². The molecule has 11 heteroatoms. The standard InChI is InChI=1S/C19H20N4O6S/c20-18(14-4-2-1-3-5-14)21-29-19(24)15-10-12-22(13-11-15)30(27,28)17-8-6-16(7-9-17)23(25)26/h1-9,15H,10-13H2,(H2,20,21). The van der Waals surface area contributed by atoms with E-state index in [1.807, 2.05) is 6.07 Å². The minimum Gasteiger partial charge on any atom is -0.380 e. The van der Waals surface area contributed by atoms with Crippen LogP contribution in [0.15, 0.2) is 64.6 Å². The predicted octanol–water partition coefficient (Wildman–Crippen LogP) is 1.86. The molecule has 2 aromatic carbocycles. The Bertz CT molecular complexity index is 1050. The molecule has 0 bridgehead atoms. The Balaban J connectivity index is 1.58. The third kappa shape index (κ3) is 4.81. The van der Waals surface area contributed by atoms with Gasteiger partial charge in [0.05, 0.1) is 15.7 Å². The van der Waals surface area contributed by atoms with E-state index in [9.17, 15) is 23.3 Å². The Hall–Kier alpha value is -3.31. The first-order chi connectivity index (χ1) is 14.3. The summed E-state index contributed by atoms with van der Waals surface area (Å²) in [7, 11) is -3.80. The summed E-state index contributed by atoms with van der Waals surface area (Å²) >= 11 is 0. The molecule has 2 N–H and O–H groups in total. The SMILES string of the molecule is N/C(=N\OC(=O)C1CCN(S(=O)(=O)c2ccc([N+](=O)[O-])cc2)CC1)c1ccccc1. The molecule has 0 aromatic heterocycles. The van der Waals surface area contributed by atoms with Crippen LogP contribution in [0.25, 0.3) is 0 Å². The molecule has 1 fully saturated rings. The summed E-state index contributed by atoms with van der Waals surface area (Å²) in [5.74, 6) is -0.996. The number of hydrogen-bond acceptors (Lipinski definition) is 7. The number of nitro benzene ring substituents is 1. The van der Waals surface area contributed by atoms with Gasteiger partial charge < -0.3 is 10.6 Å². The van der Waals surface area contributed by atoms with Crippen LogP contribution in [0.1, 0.15) is 18.4 Å². The van der Waals surface area contributed by atoms with Crippen molar-refractivity contribution in [1.29, 1.82) is 0 Å². The number of amidine groups is 1. The van der Waals surface area contributed by atoms with E-state index in [1.165, 1.54) is 16.4 Å². The first-order valence-corrected chi connectivity index (χ1v) is 10.6. The zero-order valence-corrected chi connectivity index (χ0v) is 16.7. The first-order valence-electron chi connectivity index (χ1n) is 9.13. The fraction of sp³-hybridized carbons (Fsp3) is 0.263. The number of nitrogens with zero attached hydrogens (tertiary/aromatic N) is 3. The van der Waals surface area contributed by atoms with Gasteiger partial charge in [0.1, 0.15) is 0 Å². The number of hydrogen-bond donors (Lipinski definition) is 1. The fourth-order valence-electron chi connectivity index (χ4n) is 3.05. The molecule has 1 aliphatic heterocycles. The fourth-order valence-corrected chi connectivity index (χ4v) is 4.52. The van der Waals surface area contributed by atoms with Crippen LogP contribution in [0.2, 0.25) is 0 Å². The summed E-state index contributed by atoms with van der Waals surface area (Å²) in [6.07, 6.45) is 0.539. The van der Waals surface area contributed by atoms with E-state index < -0.39 is 26.8 Å². The van der Waals surface area contributed by atoms with Crippen molar-refractivity contribution in [1.82, 2.24) is 4.31 Å². The molecular weight excluding hydrogens is 412 g/mol. The molecular formula is C19H20N4O6S. The number of benzene rings is 2. The lowest BCUT2D eigenvalue weighted by Gasteiger charge is -2.29. The lowest BCUT2D eigenvalue weighted by molar-refractivity contribution is -0.384. The molecule has 0 amide bonds. The van der Waals surface area contributed by atoms with Gasteiger partial charge in [0.2, 0.25) is 10.0 Å². The second kappa shape index (κ2) is 9.01. The van der Waals surface area contributed by atoms with Crippen LogP contribution >= 0.6 is 0 Å². The number of piperidine rings is 1. The highest BCUT2D eigenvalue weighted by Gasteiger charge is 2.33. The molecule has 0 unspecified atom stereocenters. The van der Waals surface area contributed by atoms with Gasteiger partial charge >= 0.3 is 5.97 Å². The van der Waals surface area contributed by atoms with Crippen molar-refractivity contribution in [3.63, 3.8) is 0 Å². The molecule has 0 saturated carbocycles. The molecule has 0 aliphatic carbocycles. The van der Waals surface area contributed by atoms with Gasteiger partial charge in [-0.2, -0.15) is 4.31 Å². The Labute approximate surface area is 173 Å². The van der Waals surface area contributed by atoms with Gasteiger partial charge in [0, 0.05) is 30.8 Å². The maximum Gasteiger partial charge on any atom is 0.338 e. The third-order valence-electron chi connectivity index (χ3n) is 4.78. The highest BCUT2D eigenvalue weighted by atomic mass is 32.2. The second-order valence-electron chi connectivity index (χ2n) is 6.68. The summed E-state index contributed by atoms with van der Waals surface area (Å²) in [5.41, 5.74) is 6.22. The Morgan fingerprint density at radius 1 is 1.10 bits per heavy atom. The summed E-state index contributed by atoms with van der Waals surface area (Å²) in [5, 5.41) is 14.4. The van der Waals surface area contributed by atoms with E-state index in [-0.39, 0.29) is 42.3 Å². The Morgan fingerprint density at radius 2 is 1.70 bits per heavy atom. The minimum atomic E-state index is -3.80. The van der Waals surface area contributed by atoms with Gasteiger partial charge in [-0.3, -0.25) is 10.1 Å². The number of nitrogens with two attached hydrogens (primary N) is 1. The van der Waals surface area contributed by atoms with Crippen LogP contribution in [0, 0.1) is 16.0 Å². The van der Waals surface area contributed by atoms with Crippen molar-refractivity contribution in [2.45, 2.75) is 17.7 Å². The maximum absolute atomic E-state index is 12.7. The number of carbonyl (C=O) groups is 1. The molecule has 30 heavy (non-hydrogen) atoms. The van der Waals surface area contributed by atoms with E-state index in [1.54, 1.807) is 24.3 Å². The molecule has 10 nitrogen and oxygen atoms in total. The van der Waals surface area contributed by atoms with E-state index in [4.69, 9.17) is 10.6 Å². The van der Waals surface area contributed by atoms with Crippen molar-refractivity contribution >= 4 is 27.5 Å². The summed E-state index contributed by atoms with van der Waals surface area (Å²) in [4.78, 5) is 27.3. The average Bonchev–Trinajstić information content (AvgIpc) is 2.78. The number of oxime groups is 1. The first kappa shape index (κ1) is 21.4. The molecule has 1 aliphatic rings. The van der Waals surface area contributed by atoms with Crippen molar-refractivity contribution in [3.8, 4) is 0 Å². The maximum atomic E-state index is 12.7. The lowest BCUT2D eigenvalue weighted by Crippen LogP contribution is -2.40. The largest absolute Gasteiger partial charge is 0.380 e. The molecule has 0 radical (unpaired) electrons. The van der Waals surface area contributed by atoms with Crippen molar-refractivity contribution < 1.29 is 23.0 Å². The topological polar surface area (TPSA) is 145 Å². The average molecular weight is 432 g/mol. The molecule has 2 aromatic rings. The van der Waals surface area contributed by atoms with Crippen LogP contribution < -0.4 is 5.73 Å². The van der Waals surface area contributed by atoms with Gasteiger partial charge in [-0.1, -0.05) is 35.5 Å². The van der Waals surface area contributed by atoms with E-state index >= 15 is 0 Å². The van der Waals surface area contributed by atoms with Crippen LogP contribution in [-0.4, -0.2) is 42.5 Å². The Kier molecular flexibility index (Phi) is 6.43. The summed E-state index contributed by atoms with van der Waals surface area (Å²) < 4.78 is 26.7. The van der Waals surface area contributed by atoms with Crippen LogP contribution in [0.5, 0.6) is 0 Å². The summed E-state index contributed by atoms with van der Waals surface area (Å²) in [6, 6.07) is 13.5. The van der Waals surface area contributed by atoms with E-state index in [2.05, 4.69) is 5.16 Å². The highest BCUT2D eigenvalue weighted by molar-refractivity contribution is 7.89. The van der Waals surface area contributed by atoms with Crippen molar-refractivity contribution in [2.24, 2.45) is 16.8 Å². The second-order valence-corrected chi connectivity index (χ2v) is 8.62. The van der Waals surface area contributed by atoms with Gasteiger partial charge in [0.25, 0.3) is 5.69 Å². The number of non-ortho nitro benzene ring substituents is 1. The normalized spacial score (nSPS) is 16.2. The molecule has 1 saturated heterocycles. The zero-order chi connectivity index (χ0) is 21.7. The van der Waals surface area contributed by atoms with Crippen LogP contribution in [0.4, 0.5) is 5.69 Å². The van der Waals surface area contributed by atoms with Crippen molar-refractivity contribution in [2.75, 3.05) is 13.1 Å². The molecule has 3 rings (SSSR count). The van der Waals surface area contributed by atoms with Gasteiger partial charge in [-0.05, 0) is 25.0 Å². The van der Waals surface area contributed by atoms with Crippen molar-refractivity contribution in [3.05, 3.63) is 70.3 Å². The van der Waals surface area contributed by atoms with E-state index in [0.29, 0.717) is 5.56 Å². The smallest absolute Gasteiger partial charge is 0.338 e. The van der Waals surface area contributed by atoms with Gasteiger partial charge in [-0.15, -0.1) is 0 Å². The van der Waals surface area contributed by atoms with Crippen LogP contribution in [0.3, 0.4) is 0 Å². The number of rotatable bonds is 6. The molecule has 0 spiro atoms. The predicted molar refractivity (Wildman–Crippen MR) is 108 cm³/mol. The van der Waals surface area contributed by atoms with Gasteiger partial charge in [0.15, 0.2) is 5.84 Å². The Morgan fingerprint density at radius 3 is 2.27 bits per heavy atom. The van der Waals surface area contributed by atoms with Gasteiger partial charge in [-0.25, -0.2) is 13.2 Å². The summed E-state index contributed by atoms with van der Waals surface area (Å²) in [6.45, 7) is 0.244. The quantitative estimate of drug-likeness (QED) is 0.241. The number of carbonyl (C=O) groups excluding carboxylic acids is 1. The number of nitro groups is 1. The third-order valence-corrected chi connectivity index (χ3v) is 6.69. The molecule has 158 valence electrons. The molecule has 0 atom stereocenters. The number of sulfonamides is 1. The molecule has 1 heterocycles. The lowest BCUT2D eigenvalue weighted by atomic mass is 9.99. The minimum absolute atomic E-state index is 0.0330.